The molecule has 1 heterocycles. The fourth-order valence-electron chi connectivity index (χ4n) is 0.598. The number of pyridine rings is 1. The average molecular weight is 222 g/mol. The molecule has 4 heteroatoms. The summed E-state index contributed by atoms with van der Waals surface area (Å²) >= 11 is 8.76. The third-order valence-electron chi connectivity index (χ3n) is 1.10. The lowest BCUT2D eigenvalue weighted by Crippen LogP contribution is -2.04. The highest BCUT2D eigenvalue weighted by Crippen LogP contribution is 2.14. The van der Waals surface area contributed by atoms with Crippen LogP contribution in [0.15, 0.2) is 21.5 Å². The van der Waals surface area contributed by atoms with Gasteiger partial charge in [0.25, 0.3) is 0 Å². The number of alkyl halides is 1. The lowest BCUT2D eigenvalue weighted by atomic mass is 10.3. The van der Waals surface area contributed by atoms with Crippen molar-refractivity contribution in [2.24, 2.45) is 0 Å². The predicted octanol–water partition coefficient (Wildman–Crippen LogP) is 1.88. The van der Waals surface area contributed by atoms with Crippen molar-refractivity contribution in [3.8, 4) is 0 Å². The van der Waals surface area contributed by atoms with Gasteiger partial charge in [-0.25, -0.2) is 0 Å². The predicted molar refractivity (Wildman–Crippen MR) is 44.3 cm³/mol. The molecule has 0 bridgehead atoms. The lowest BCUT2D eigenvalue weighted by Gasteiger charge is -1.95. The van der Waals surface area contributed by atoms with Crippen LogP contribution in [0.25, 0.3) is 0 Å². The highest BCUT2D eigenvalue weighted by molar-refractivity contribution is 9.10. The molecule has 0 aliphatic carbocycles. The molecule has 1 aromatic rings. The Kier molecular flexibility index (Phi) is 2.51. The second kappa shape index (κ2) is 3.21. The molecule has 1 aromatic heterocycles. The van der Waals surface area contributed by atoms with E-state index >= 15 is 0 Å². The van der Waals surface area contributed by atoms with Gasteiger partial charge in [-0.2, -0.15) is 0 Å². The molecule has 0 spiro atoms. The molecule has 1 N–H and O–H groups in total. The topological polar surface area (TPSA) is 32.9 Å². The van der Waals surface area contributed by atoms with Crippen LogP contribution in [0.1, 0.15) is 5.56 Å². The van der Waals surface area contributed by atoms with Crippen molar-refractivity contribution in [1.29, 1.82) is 0 Å². The standard InChI is InChI=1S/C6H5BrClNO/c7-5-3-9-6(10)1-4(5)2-8/h1,3H,2H2,(H,9,10). The van der Waals surface area contributed by atoms with Gasteiger partial charge in [0.15, 0.2) is 0 Å². The maximum atomic E-state index is 10.7. The Morgan fingerprint density at radius 3 is 2.90 bits per heavy atom. The Bertz CT molecular complexity index is 283. The third kappa shape index (κ3) is 1.61. The Hall–Kier alpha value is -0.280. The summed E-state index contributed by atoms with van der Waals surface area (Å²) in [5, 5.41) is 0. The van der Waals surface area contributed by atoms with Gasteiger partial charge in [-0.1, -0.05) is 0 Å². The van der Waals surface area contributed by atoms with E-state index in [-0.39, 0.29) is 5.56 Å². The summed E-state index contributed by atoms with van der Waals surface area (Å²) in [6.07, 6.45) is 1.58. The number of H-pyrrole nitrogens is 1. The molecule has 54 valence electrons. The van der Waals surface area contributed by atoms with Gasteiger partial charge >= 0.3 is 0 Å². The summed E-state index contributed by atoms with van der Waals surface area (Å²) in [5.74, 6) is 0.352. The number of aromatic nitrogens is 1. The molecule has 0 aromatic carbocycles. The van der Waals surface area contributed by atoms with E-state index in [4.69, 9.17) is 11.6 Å². The van der Waals surface area contributed by atoms with Crippen molar-refractivity contribution in [1.82, 2.24) is 4.98 Å². The second-order valence-electron chi connectivity index (χ2n) is 1.80. The smallest absolute Gasteiger partial charge is 0.248 e. The largest absolute Gasteiger partial charge is 0.328 e. The molecule has 0 aliphatic heterocycles. The SMILES string of the molecule is O=c1cc(CCl)c(Br)c[nH]1. The molecule has 0 aliphatic rings. The third-order valence-corrected chi connectivity index (χ3v) is 2.12. The molecule has 0 atom stereocenters. The van der Waals surface area contributed by atoms with Crippen molar-refractivity contribution in [2.75, 3.05) is 0 Å². The van der Waals surface area contributed by atoms with Gasteiger partial charge in [-0.05, 0) is 21.5 Å². The van der Waals surface area contributed by atoms with Crippen molar-refractivity contribution in [3.05, 3.63) is 32.7 Å². The van der Waals surface area contributed by atoms with Gasteiger partial charge in [0.2, 0.25) is 5.56 Å². The summed E-state index contributed by atoms with van der Waals surface area (Å²) in [4.78, 5) is 13.2. The normalized spacial score (nSPS) is 9.80. The minimum absolute atomic E-state index is 0.126. The van der Waals surface area contributed by atoms with E-state index in [1.54, 1.807) is 6.20 Å². The number of aromatic amines is 1. The fraction of sp³-hybridized carbons (Fsp3) is 0.167. The number of rotatable bonds is 1. The van der Waals surface area contributed by atoms with Crippen LogP contribution in [-0.2, 0) is 5.88 Å². The fourth-order valence-corrected chi connectivity index (χ4v) is 1.35. The maximum absolute atomic E-state index is 10.7. The Morgan fingerprint density at radius 1 is 1.70 bits per heavy atom. The van der Waals surface area contributed by atoms with Crippen LogP contribution < -0.4 is 5.56 Å². The first-order valence-electron chi connectivity index (χ1n) is 2.67. The highest BCUT2D eigenvalue weighted by Gasteiger charge is 1.96. The van der Waals surface area contributed by atoms with Gasteiger partial charge in [0.05, 0.1) is 0 Å². The van der Waals surface area contributed by atoms with E-state index in [1.807, 2.05) is 0 Å². The Morgan fingerprint density at radius 2 is 2.40 bits per heavy atom. The monoisotopic (exact) mass is 221 g/mol. The Balaban J connectivity index is 3.22. The molecule has 1 rings (SSSR count). The second-order valence-corrected chi connectivity index (χ2v) is 2.93. The molecule has 2 nitrogen and oxygen atoms in total. The van der Waals surface area contributed by atoms with Crippen LogP contribution in [0, 0.1) is 0 Å². The summed E-state index contributed by atoms with van der Waals surface area (Å²) in [5.41, 5.74) is 0.685. The maximum Gasteiger partial charge on any atom is 0.248 e. The van der Waals surface area contributed by atoms with Crippen LogP contribution in [0.3, 0.4) is 0 Å². The zero-order chi connectivity index (χ0) is 7.56. The summed E-state index contributed by atoms with van der Waals surface area (Å²) in [6.45, 7) is 0. The van der Waals surface area contributed by atoms with Gasteiger partial charge in [-0.3, -0.25) is 4.79 Å². The van der Waals surface area contributed by atoms with Crippen molar-refractivity contribution >= 4 is 27.5 Å². The zero-order valence-corrected chi connectivity index (χ0v) is 7.37. The zero-order valence-electron chi connectivity index (χ0n) is 5.03. The molecular weight excluding hydrogens is 217 g/mol. The summed E-state index contributed by atoms with van der Waals surface area (Å²) in [7, 11) is 0. The van der Waals surface area contributed by atoms with Crippen LogP contribution >= 0.6 is 27.5 Å². The number of halogens is 2. The van der Waals surface area contributed by atoms with E-state index < -0.39 is 0 Å². The van der Waals surface area contributed by atoms with Gasteiger partial charge < -0.3 is 4.98 Å². The van der Waals surface area contributed by atoms with E-state index in [0.717, 1.165) is 10.0 Å². The van der Waals surface area contributed by atoms with Crippen molar-refractivity contribution < 1.29 is 0 Å². The van der Waals surface area contributed by atoms with E-state index in [0.29, 0.717) is 5.88 Å². The van der Waals surface area contributed by atoms with Crippen molar-refractivity contribution in [3.63, 3.8) is 0 Å². The minimum atomic E-state index is -0.126. The van der Waals surface area contributed by atoms with Crippen LogP contribution in [0.2, 0.25) is 0 Å². The highest BCUT2D eigenvalue weighted by atomic mass is 79.9. The molecule has 0 fully saturated rings. The summed E-state index contributed by atoms with van der Waals surface area (Å²) in [6, 6.07) is 1.47. The van der Waals surface area contributed by atoms with Crippen LogP contribution in [-0.4, -0.2) is 4.98 Å². The minimum Gasteiger partial charge on any atom is -0.328 e. The number of hydrogen-bond acceptors (Lipinski definition) is 1. The lowest BCUT2D eigenvalue weighted by molar-refractivity contribution is 1.18. The molecule has 0 saturated heterocycles. The van der Waals surface area contributed by atoms with Crippen molar-refractivity contribution in [2.45, 2.75) is 5.88 Å². The quantitative estimate of drug-likeness (QED) is 0.723. The first kappa shape index (κ1) is 7.82. The van der Waals surface area contributed by atoms with E-state index in [2.05, 4.69) is 20.9 Å². The molecule has 0 radical (unpaired) electrons. The molecule has 0 unspecified atom stereocenters. The molecule has 10 heavy (non-hydrogen) atoms. The van der Waals surface area contributed by atoms with Gasteiger partial charge in [-0.15, -0.1) is 11.6 Å². The van der Waals surface area contributed by atoms with E-state index in [9.17, 15) is 4.79 Å². The van der Waals surface area contributed by atoms with Gasteiger partial charge in [0.1, 0.15) is 0 Å². The first-order chi connectivity index (χ1) is 4.74. The molecular formula is C6H5BrClNO. The first-order valence-corrected chi connectivity index (χ1v) is 4.00. The molecule has 0 saturated carbocycles. The van der Waals surface area contributed by atoms with Gasteiger partial charge in [0, 0.05) is 22.6 Å². The molecule has 0 amide bonds. The van der Waals surface area contributed by atoms with E-state index in [1.165, 1.54) is 6.07 Å². The Labute approximate surface area is 71.3 Å². The van der Waals surface area contributed by atoms with Crippen LogP contribution in [0.5, 0.6) is 0 Å². The van der Waals surface area contributed by atoms with Crippen LogP contribution in [0.4, 0.5) is 0 Å². The number of nitrogens with one attached hydrogen (secondary N) is 1. The average Bonchev–Trinajstić information content (AvgIpc) is 1.94. The number of hydrogen-bond donors (Lipinski definition) is 1. The summed E-state index contributed by atoms with van der Waals surface area (Å²) < 4.78 is 0.835.